The summed E-state index contributed by atoms with van der Waals surface area (Å²) in [5.74, 6) is 1.23. The molecule has 1 amide bonds. The summed E-state index contributed by atoms with van der Waals surface area (Å²) >= 11 is 1.53. The topological polar surface area (TPSA) is 46.3 Å². The molecule has 0 spiro atoms. The van der Waals surface area contributed by atoms with E-state index in [0.717, 1.165) is 23.2 Å². The molecule has 2 N–H and O–H groups in total. The Morgan fingerprint density at radius 1 is 1.29 bits per heavy atom. The Hall–Kier alpha value is -1.55. The Balaban J connectivity index is 1.96. The number of piperidine rings is 1. The number of carbonyl (C=O) groups is 1. The van der Waals surface area contributed by atoms with Crippen LogP contribution in [0.3, 0.4) is 0 Å². The lowest BCUT2D eigenvalue weighted by Crippen LogP contribution is -2.42. The zero-order valence-electron chi connectivity index (χ0n) is 12.8. The van der Waals surface area contributed by atoms with E-state index in [9.17, 15) is 4.79 Å². The predicted octanol–water partition coefficient (Wildman–Crippen LogP) is 3.91. The van der Waals surface area contributed by atoms with Crippen LogP contribution in [0, 0.1) is 18.8 Å². The third-order valence-electron chi connectivity index (χ3n) is 4.23. The molecule has 112 valence electrons. The first kappa shape index (κ1) is 14.4. The van der Waals surface area contributed by atoms with Gasteiger partial charge in [-0.05, 0) is 36.8 Å². The van der Waals surface area contributed by atoms with Crippen LogP contribution in [0.4, 0.5) is 5.69 Å². The molecule has 2 atom stereocenters. The summed E-state index contributed by atoms with van der Waals surface area (Å²) in [6, 6.07) is 6.17. The fourth-order valence-corrected chi connectivity index (χ4v) is 4.54. The quantitative estimate of drug-likeness (QED) is 0.868. The zero-order valence-corrected chi connectivity index (χ0v) is 13.7. The molecule has 4 heteroatoms. The number of benzene rings is 1. The summed E-state index contributed by atoms with van der Waals surface area (Å²) in [4.78, 5) is 15.5. The molecule has 0 saturated carbocycles. The average molecular weight is 302 g/mol. The van der Waals surface area contributed by atoms with Crippen molar-refractivity contribution in [2.75, 3.05) is 18.8 Å². The summed E-state index contributed by atoms with van der Waals surface area (Å²) in [5, 5.41) is 1.01. The van der Waals surface area contributed by atoms with Gasteiger partial charge in [0.05, 0.1) is 5.69 Å². The van der Waals surface area contributed by atoms with Crippen LogP contribution in [-0.4, -0.2) is 23.9 Å². The highest BCUT2D eigenvalue weighted by molar-refractivity contribution is 7.21. The maximum Gasteiger partial charge on any atom is 0.266 e. The number of hydrogen-bond donors (Lipinski definition) is 1. The molecule has 2 aromatic rings. The molecular formula is C17H22N2OS. The van der Waals surface area contributed by atoms with Crippen molar-refractivity contribution in [1.82, 2.24) is 4.90 Å². The monoisotopic (exact) mass is 302 g/mol. The van der Waals surface area contributed by atoms with E-state index in [1.807, 2.05) is 17.0 Å². The van der Waals surface area contributed by atoms with E-state index in [0.29, 0.717) is 22.4 Å². The number of amides is 1. The van der Waals surface area contributed by atoms with E-state index < -0.39 is 0 Å². The highest BCUT2D eigenvalue weighted by Crippen LogP contribution is 2.36. The average Bonchev–Trinajstić information content (AvgIpc) is 2.73. The normalized spacial score (nSPS) is 22.7. The molecule has 3 rings (SSSR count). The number of carbonyl (C=O) groups excluding carboxylic acids is 1. The summed E-state index contributed by atoms with van der Waals surface area (Å²) in [6.45, 7) is 8.18. The standard InChI is InChI=1S/C17H22N2OS/c1-10-4-5-13-14(7-10)21-16(15(13)18)17(20)19-8-11(2)6-12(3)9-19/h4-5,7,11-12H,6,8-9,18H2,1-3H3. The van der Waals surface area contributed by atoms with Crippen LogP contribution in [0.25, 0.3) is 10.1 Å². The molecule has 0 aliphatic carbocycles. The Morgan fingerprint density at radius 3 is 2.62 bits per heavy atom. The number of hydrogen-bond acceptors (Lipinski definition) is 3. The molecular weight excluding hydrogens is 280 g/mol. The SMILES string of the molecule is Cc1ccc2c(N)c(C(=O)N3CC(C)CC(C)C3)sc2c1. The van der Waals surface area contributed by atoms with E-state index in [1.54, 1.807) is 0 Å². The van der Waals surface area contributed by atoms with E-state index in [-0.39, 0.29) is 5.91 Å². The van der Waals surface area contributed by atoms with Crippen molar-refractivity contribution in [3.8, 4) is 0 Å². The largest absolute Gasteiger partial charge is 0.397 e. The summed E-state index contributed by atoms with van der Waals surface area (Å²) in [7, 11) is 0. The van der Waals surface area contributed by atoms with Gasteiger partial charge in [-0.3, -0.25) is 4.79 Å². The number of likely N-dealkylation sites (tertiary alicyclic amines) is 1. The van der Waals surface area contributed by atoms with Crippen molar-refractivity contribution in [1.29, 1.82) is 0 Å². The number of rotatable bonds is 1. The molecule has 1 aromatic heterocycles. The van der Waals surface area contributed by atoms with Crippen molar-refractivity contribution in [2.45, 2.75) is 27.2 Å². The molecule has 1 aliphatic rings. The van der Waals surface area contributed by atoms with Crippen LogP contribution in [0.1, 0.15) is 35.5 Å². The van der Waals surface area contributed by atoms with Crippen LogP contribution < -0.4 is 5.73 Å². The van der Waals surface area contributed by atoms with Gasteiger partial charge in [-0.1, -0.05) is 26.0 Å². The van der Waals surface area contributed by atoms with Gasteiger partial charge in [0, 0.05) is 23.2 Å². The van der Waals surface area contributed by atoms with Gasteiger partial charge in [-0.25, -0.2) is 0 Å². The van der Waals surface area contributed by atoms with Crippen molar-refractivity contribution in [2.24, 2.45) is 11.8 Å². The minimum Gasteiger partial charge on any atom is -0.397 e. The van der Waals surface area contributed by atoms with Crippen LogP contribution in [-0.2, 0) is 0 Å². The van der Waals surface area contributed by atoms with Gasteiger partial charge in [0.1, 0.15) is 4.88 Å². The minimum atomic E-state index is 0.102. The lowest BCUT2D eigenvalue weighted by atomic mass is 9.92. The highest BCUT2D eigenvalue weighted by Gasteiger charge is 2.28. The number of nitrogen functional groups attached to an aromatic ring is 1. The minimum absolute atomic E-state index is 0.102. The van der Waals surface area contributed by atoms with Gasteiger partial charge < -0.3 is 10.6 Å². The Bertz CT molecular complexity index is 681. The molecule has 21 heavy (non-hydrogen) atoms. The lowest BCUT2D eigenvalue weighted by molar-refractivity contribution is 0.0629. The van der Waals surface area contributed by atoms with E-state index in [2.05, 4.69) is 26.8 Å². The van der Waals surface area contributed by atoms with Gasteiger partial charge in [-0.15, -0.1) is 11.3 Å². The second kappa shape index (κ2) is 5.34. The third kappa shape index (κ3) is 2.64. The maximum atomic E-state index is 12.8. The smallest absolute Gasteiger partial charge is 0.266 e. The fraction of sp³-hybridized carbons (Fsp3) is 0.471. The van der Waals surface area contributed by atoms with Crippen molar-refractivity contribution in [3.05, 3.63) is 28.6 Å². The number of nitrogens with zero attached hydrogens (tertiary/aromatic N) is 1. The van der Waals surface area contributed by atoms with E-state index in [1.165, 1.54) is 23.3 Å². The molecule has 3 nitrogen and oxygen atoms in total. The van der Waals surface area contributed by atoms with E-state index in [4.69, 9.17) is 5.73 Å². The molecule has 1 aliphatic heterocycles. The summed E-state index contributed by atoms with van der Waals surface area (Å²) in [6.07, 6.45) is 1.20. The molecule has 1 fully saturated rings. The number of nitrogens with two attached hydrogens (primary N) is 1. The fourth-order valence-electron chi connectivity index (χ4n) is 3.35. The first-order valence-electron chi connectivity index (χ1n) is 7.53. The van der Waals surface area contributed by atoms with Crippen LogP contribution in [0.2, 0.25) is 0 Å². The van der Waals surface area contributed by atoms with Gasteiger partial charge >= 0.3 is 0 Å². The molecule has 0 radical (unpaired) electrons. The van der Waals surface area contributed by atoms with Crippen LogP contribution in [0.5, 0.6) is 0 Å². The van der Waals surface area contributed by atoms with Crippen molar-refractivity contribution >= 4 is 33.0 Å². The maximum absolute atomic E-state index is 12.8. The third-order valence-corrected chi connectivity index (χ3v) is 5.39. The number of anilines is 1. The lowest BCUT2D eigenvalue weighted by Gasteiger charge is -2.34. The summed E-state index contributed by atoms with van der Waals surface area (Å²) < 4.78 is 1.11. The number of fused-ring (bicyclic) bond motifs is 1. The Morgan fingerprint density at radius 2 is 1.95 bits per heavy atom. The number of thiophene rings is 1. The highest BCUT2D eigenvalue weighted by atomic mass is 32.1. The van der Waals surface area contributed by atoms with Crippen LogP contribution >= 0.6 is 11.3 Å². The summed E-state index contributed by atoms with van der Waals surface area (Å²) in [5.41, 5.74) is 8.07. The Kier molecular flexibility index (Phi) is 3.66. The van der Waals surface area contributed by atoms with Crippen molar-refractivity contribution in [3.63, 3.8) is 0 Å². The van der Waals surface area contributed by atoms with Crippen LogP contribution in [0.15, 0.2) is 18.2 Å². The van der Waals surface area contributed by atoms with Gasteiger partial charge in [-0.2, -0.15) is 0 Å². The first-order valence-corrected chi connectivity index (χ1v) is 8.35. The molecule has 2 heterocycles. The predicted molar refractivity (Wildman–Crippen MR) is 89.8 cm³/mol. The number of aryl methyl sites for hydroxylation is 1. The second-order valence-electron chi connectivity index (χ2n) is 6.50. The zero-order chi connectivity index (χ0) is 15.1. The second-order valence-corrected chi connectivity index (χ2v) is 7.55. The van der Waals surface area contributed by atoms with E-state index >= 15 is 0 Å². The molecule has 1 saturated heterocycles. The Labute approximate surface area is 129 Å². The van der Waals surface area contributed by atoms with Gasteiger partial charge in [0.25, 0.3) is 5.91 Å². The van der Waals surface area contributed by atoms with Gasteiger partial charge in [0.15, 0.2) is 0 Å². The molecule has 0 bridgehead atoms. The van der Waals surface area contributed by atoms with Crippen molar-refractivity contribution < 1.29 is 4.79 Å². The van der Waals surface area contributed by atoms with Gasteiger partial charge in [0.2, 0.25) is 0 Å². The molecule has 1 aromatic carbocycles. The molecule has 2 unspecified atom stereocenters. The first-order chi connectivity index (χ1) is 9.95.